The lowest BCUT2D eigenvalue weighted by Crippen LogP contribution is -2.46. The van der Waals surface area contributed by atoms with Gasteiger partial charge in [0.2, 0.25) is 5.91 Å². The Hall–Kier alpha value is -3.47. The predicted octanol–water partition coefficient (Wildman–Crippen LogP) is 0.525. The zero-order valence-electron chi connectivity index (χ0n) is 16.3. The van der Waals surface area contributed by atoms with E-state index in [2.05, 4.69) is 16.0 Å². The third-order valence-corrected chi connectivity index (χ3v) is 4.28. The van der Waals surface area contributed by atoms with Gasteiger partial charge in [-0.1, -0.05) is 17.7 Å². The van der Waals surface area contributed by atoms with Gasteiger partial charge in [-0.2, -0.15) is 0 Å². The third kappa shape index (κ3) is 7.70. The molecule has 11 heteroatoms. The normalized spacial score (nSPS) is 11.5. The minimum absolute atomic E-state index is 0.197. The molecule has 31 heavy (non-hydrogen) atoms. The standard InChI is InChI=1S/C20H22ClN5O5/c21-13-6-4-11(5-7-13)18(30)15(9-17(28)29)26-16(27)10-24-19(31)12-2-1-3-14(8-12)25-20(22)23/h1-8,15,20,25H,9-10,22-23H2,(H,24,31)(H,26,27)(H,28,29). The summed E-state index contributed by atoms with van der Waals surface area (Å²) in [5.74, 6) is -3.13. The van der Waals surface area contributed by atoms with E-state index in [1.165, 1.54) is 36.4 Å². The number of Topliss-reactive ketones (excluding diaryl/α,β-unsaturated/α-hetero) is 1. The maximum Gasteiger partial charge on any atom is 0.305 e. The van der Waals surface area contributed by atoms with E-state index in [4.69, 9.17) is 28.2 Å². The number of benzene rings is 2. The van der Waals surface area contributed by atoms with Gasteiger partial charge in [-0.05, 0) is 42.5 Å². The molecule has 2 aromatic carbocycles. The lowest BCUT2D eigenvalue weighted by molar-refractivity contribution is -0.137. The molecule has 1 atom stereocenters. The van der Waals surface area contributed by atoms with Crippen LogP contribution in [-0.4, -0.2) is 47.5 Å². The number of rotatable bonds is 10. The van der Waals surface area contributed by atoms with Gasteiger partial charge < -0.3 is 21.1 Å². The van der Waals surface area contributed by atoms with E-state index in [9.17, 15) is 19.2 Å². The molecule has 10 nitrogen and oxygen atoms in total. The van der Waals surface area contributed by atoms with Crippen molar-refractivity contribution >= 4 is 40.9 Å². The lowest BCUT2D eigenvalue weighted by atomic mass is 10.0. The number of ketones is 1. The van der Waals surface area contributed by atoms with E-state index in [0.717, 1.165) is 0 Å². The van der Waals surface area contributed by atoms with Crippen LogP contribution in [0.5, 0.6) is 0 Å². The quantitative estimate of drug-likeness (QED) is 0.225. The summed E-state index contributed by atoms with van der Waals surface area (Å²) in [7, 11) is 0. The molecular formula is C20H22ClN5O5. The number of hydrogen-bond acceptors (Lipinski definition) is 7. The summed E-state index contributed by atoms with van der Waals surface area (Å²) in [6.45, 7) is -0.461. The molecule has 2 amide bonds. The molecular weight excluding hydrogens is 426 g/mol. The van der Waals surface area contributed by atoms with Gasteiger partial charge in [0.05, 0.1) is 13.0 Å². The lowest BCUT2D eigenvalue weighted by Gasteiger charge is -2.16. The maximum atomic E-state index is 12.6. The largest absolute Gasteiger partial charge is 0.481 e. The second-order valence-electron chi connectivity index (χ2n) is 6.52. The number of hydrogen-bond donors (Lipinski definition) is 6. The number of nitrogens with one attached hydrogen (secondary N) is 3. The first-order chi connectivity index (χ1) is 14.7. The van der Waals surface area contributed by atoms with E-state index in [1.807, 2.05) is 0 Å². The molecule has 0 aliphatic heterocycles. The van der Waals surface area contributed by atoms with Crippen LogP contribution < -0.4 is 27.4 Å². The van der Waals surface area contributed by atoms with Crippen LogP contribution in [0.15, 0.2) is 48.5 Å². The van der Waals surface area contributed by atoms with Gasteiger partial charge in [-0.3, -0.25) is 30.6 Å². The first-order valence-electron chi connectivity index (χ1n) is 9.12. The average Bonchev–Trinajstić information content (AvgIpc) is 2.71. The number of carbonyl (C=O) groups excluding carboxylic acids is 3. The SMILES string of the molecule is NC(N)Nc1cccc(C(=O)NCC(=O)NC(CC(=O)O)C(=O)c2ccc(Cl)cc2)c1. The summed E-state index contributed by atoms with van der Waals surface area (Å²) in [6.07, 6.45) is -1.43. The van der Waals surface area contributed by atoms with Gasteiger partial charge in [0, 0.05) is 21.8 Å². The number of halogens is 1. The van der Waals surface area contributed by atoms with Gasteiger partial charge in [-0.25, -0.2) is 0 Å². The van der Waals surface area contributed by atoms with Gasteiger partial charge >= 0.3 is 5.97 Å². The van der Waals surface area contributed by atoms with Crippen molar-refractivity contribution < 1.29 is 24.3 Å². The number of carbonyl (C=O) groups is 4. The monoisotopic (exact) mass is 447 g/mol. The Kier molecular flexibility index (Phi) is 8.50. The first kappa shape index (κ1) is 23.8. The molecule has 0 spiro atoms. The fourth-order valence-electron chi connectivity index (χ4n) is 2.65. The van der Waals surface area contributed by atoms with E-state index >= 15 is 0 Å². The highest BCUT2D eigenvalue weighted by Crippen LogP contribution is 2.13. The molecule has 2 aromatic rings. The van der Waals surface area contributed by atoms with Crippen LogP contribution in [-0.2, 0) is 9.59 Å². The van der Waals surface area contributed by atoms with Gasteiger partial charge in [0.25, 0.3) is 5.91 Å². The van der Waals surface area contributed by atoms with Crippen LogP contribution in [0, 0.1) is 0 Å². The molecule has 0 aliphatic carbocycles. The van der Waals surface area contributed by atoms with E-state index in [1.54, 1.807) is 12.1 Å². The smallest absolute Gasteiger partial charge is 0.305 e. The van der Waals surface area contributed by atoms with Gasteiger partial charge in [0.15, 0.2) is 5.78 Å². The number of carboxylic acids is 1. The second-order valence-corrected chi connectivity index (χ2v) is 6.96. The van der Waals surface area contributed by atoms with Gasteiger partial charge in [0.1, 0.15) is 12.3 Å². The molecule has 0 aliphatic rings. The van der Waals surface area contributed by atoms with Crippen molar-refractivity contribution in [1.29, 1.82) is 0 Å². The number of nitrogens with two attached hydrogens (primary N) is 2. The molecule has 0 heterocycles. The zero-order chi connectivity index (χ0) is 23.0. The van der Waals surface area contributed by atoms with E-state index < -0.39 is 48.9 Å². The van der Waals surface area contributed by atoms with Crippen LogP contribution in [0.25, 0.3) is 0 Å². The highest BCUT2D eigenvalue weighted by molar-refractivity contribution is 6.30. The summed E-state index contributed by atoms with van der Waals surface area (Å²) in [6, 6.07) is 10.8. The summed E-state index contributed by atoms with van der Waals surface area (Å²) >= 11 is 5.79. The Balaban J connectivity index is 1.99. The first-order valence-corrected chi connectivity index (χ1v) is 9.50. The van der Waals surface area contributed by atoms with Crippen molar-refractivity contribution in [2.75, 3.05) is 11.9 Å². The minimum Gasteiger partial charge on any atom is -0.481 e. The van der Waals surface area contributed by atoms with Crippen LogP contribution >= 0.6 is 11.6 Å². The third-order valence-electron chi connectivity index (χ3n) is 4.03. The van der Waals surface area contributed by atoms with Crippen LogP contribution in [0.3, 0.4) is 0 Å². The molecule has 1 unspecified atom stereocenters. The number of anilines is 1. The molecule has 8 N–H and O–H groups in total. The number of amides is 2. The Morgan fingerprint density at radius 1 is 1.00 bits per heavy atom. The fourth-order valence-corrected chi connectivity index (χ4v) is 2.78. The predicted molar refractivity (Wildman–Crippen MR) is 115 cm³/mol. The van der Waals surface area contributed by atoms with Gasteiger partial charge in [-0.15, -0.1) is 0 Å². The zero-order valence-corrected chi connectivity index (χ0v) is 17.1. The number of aliphatic carboxylic acids is 1. The van der Waals surface area contributed by atoms with E-state index in [0.29, 0.717) is 10.7 Å². The molecule has 164 valence electrons. The molecule has 0 saturated carbocycles. The summed E-state index contributed by atoms with van der Waals surface area (Å²) < 4.78 is 0. The second kappa shape index (κ2) is 11.1. The average molecular weight is 448 g/mol. The van der Waals surface area contributed by atoms with Crippen molar-refractivity contribution in [3.8, 4) is 0 Å². The Labute approximate surface area is 182 Å². The highest BCUT2D eigenvalue weighted by atomic mass is 35.5. The fraction of sp³-hybridized carbons (Fsp3) is 0.200. The minimum atomic E-state index is -1.30. The Bertz CT molecular complexity index is 965. The molecule has 0 bridgehead atoms. The topological polar surface area (TPSA) is 177 Å². The summed E-state index contributed by atoms with van der Waals surface area (Å²) in [5, 5.41) is 17.0. The summed E-state index contributed by atoms with van der Waals surface area (Å²) in [4.78, 5) is 48.2. The van der Waals surface area contributed by atoms with Crippen LogP contribution in [0.1, 0.15) is 27.1 Å². The van der Waals surface area contributed by atoms with Crippen molar-refractivity contribution in [2.45, 2.75) is 18.8 Å². The van der Waals surface area contributed by atoms with Crippen LogP contribution in [0.2, 0.25) is 5.02 Å². The Morgan fingerprint density at radius 2 is 1.68 bits per heavy atom. The molecule has 0 saturated heterocycles. The molecule has 0 aromatic heterocycles. The van der Waals surface area contributed by atoms with Crippen molar-refractivity contribution in [3.05, 3.63) is 64.7 Å². The molecule has 0 fully saturated rings. The highest BCUT2D eigenvalue weighted by Gasteiger charge is 2.25. The Morgan fingerprint density at radius 3 is 2.29 bits per heavy atom. The van der Waals surface area contributed by atoms with Crippen molar-refractivity contribution in [1.82, 2.24) is 10.6 Å². The van der Waals surface area contributed by atoms with E-state index in [-0.39, 0.29) is 11.1 Å². The van der Waals surface area contributed by atoms with Crippen molar-refractivity contribution in [3.63, 3.8) is 0 Å². The number of carboxylic acid groups (broad SMARTS) is 1. The van der Waals surface area contributed by atoms with Crippen molar-refractivity contribution in [2.24, 2.45) is 11.5 Å². The van der Waals surface area contributed by atoms with Crippen LogP contribution in [0.4, 0.5) is 5.69 Å². The molecule has 2 rings (SSSR count). The maximum absolute atomic E-state index is 12.6. The summed E-state index contributed by atoms with van der Waals surface area (Å²) in [5.41, 5.74) is 11.8. The molecule has 0 radical (unpaired) electrons.